The molecular formula is C13H21N5. The van der Waals surface area contributed by atoms with Gasteiger partial charge in [0.05, 0.1) is 0 Å². The minimum Gasteiger partial charge on any atom is -0.353 e. The van der Waals surface area contributed by atoms with Crippen molar-refractivity contribution < 1.29 is 0 Å². The van der Waals surface area contributed by atoms with Crippen LogP contribution in [-0.4, -0.2) is 46.7 Å². The van der Waals surface area contributed by atoms with E-state index in [9.17, 15) is 0 Å². The Morgan fingerprint density at radius 3 is 2.89 bits per heavy atom. The molecule has 0 atom stereocenters. The largest absolute Gasteiger partial charge is 0.353 e. The minimum atomic E-state index is 0.713. The lowest BCUT2D eigenvalue weighted by molar-refractivity contribution is 0.396. The second-order valence-corrected chi connectivity index (χ2v) is 4.88. The number of anilines is 1. The Kier molecular flexibility index (Phi) is 4.15. The Bertz CT molecular complexity index is 503. The average molecular weight is 247 g/mol. The first-order valence-corrected chi connectivity index (χ1v) is 6.37. The second kappa shape index (κ2) is 5.82. The zero-order chi connectivity index (χ0) is 13.0. The molecule has 5 heteroatoms. The number of fused-ring (bicyclic) bond motifs is 1. The number of rotatable bonds is 6. The van der Waals surface area contributed by atoms with Crippen LogP contribution in [0.4, 0.5) is 5.95 Å². The van der Waals surface area contributed by atoms with Crippen molar-refractivity contribution in [3.63, 3.8) is 0 Å². The summed E-state index contributed by atoms with van der Waals surface area (Å²) in [6.45, 7) is 4.10. The molecule has 0 aliphatic carbocycles. The molecule has 0 aliphatic rings. The molecule has 2 heterocycles. The SMILES string of the molecule is Cc1ccc2nc(NCCCCN(C)C)nn2c1. The third-order valence-corrected chi connectivity index (χ3v) is 2.79. The number of aryl methyl sites for hydroxylation is 1. The molecule has 0 fully saturated rings. The summed E-state index contributed by atoms with van der Waals surface area (Å²) >= 11 is 0. The maximum absolute atomic E-state index is 4.42. The van der Waals surface area contributed by atoms with Gasteiger partial charge in [0.1, 0.15) is 0 Å². The van der Waals surface area contributed by atoms with Crippen LogP contribution >= 0.6 is 0 Å². The molecule has 0 saturated carbocycles. The average Bonchev–Trinajstić information content (AvgIpc) is 2.70. The fourth-order valence-corrected chi connectivity index (χ4v) is 1.81. The molecule has 18 heavy (non-hydrogen) atoms. The zero-order valence-electron chi connectivity index (χ0n) is 11.3. The van der Waals surface area contributed by atoms with Crippen LogP contribution in [-0.2, 0) is 0 Å². The molecule has 5 nitrogen and oxygen atoms in total. The van der Waals surface area contributed by atoms with Gasteiger partial charge in [0, 0.05) is 12.7 Å². The third-order valence-electron chi connectivity index (χ3n) is 2.79. The van der Waals surface area contributed by atoms with Crippen LogP contribution in [0.2, 0.25) is 0 Å². The molecule has 0 unspecified atom stereocenters. The van der Waals surface area contributed by atoms with E-state index in [1.807, 2.05) is 22.8 Å². The van der Waals surface area contributed by atoms with Crippen molar-refractivity contribution in [2.75, 3.05) is 32.5 Å². The molecular weight excluding hydrogens is 226 g/mol. The van der Waals surface area contributed by atoms with Crippen molar-refractivity contribution >= 4 is 11.6 Å². The van der Waals surface area contributed by atoms with E-state index in [4.69, 9.17) is 0 Å². The number of pyridine rings is 1. The van der Waals surface area contributed by atoms with Crippen LogP contribution in [0.5, 0.6) is 0 Å². The molecule has 0 amide bonds. The number of aromatic nitrogens is 3. The van der Waals surface area contributed by atoms with E-state index in [2.05, 4.69) is 41.3 Å². The third kappa shape index (κ3) is 3.43. The Balaban J connectivity index is 1.84. The molecule has 98 valence electrons. The lowest BCUT2D eigenvalue weighted by Crippen LogP contribution is -2.14. The minimum absolute atomic E-state index is 0.713. The van der Waals surface area contributed by atoms with Crippen molar-refractivity contribution in [2.24, 2.45) is 0 Å². The summed E-state index contributed by atoms with van der Waals surface area (Å²) in [7, 11) is 4.19. The molecule has 2 aromatic heterocycles. The summed E-state index contributed by atoms with van der Waals surface area (Å²) in [6.07, 6.45) is 4.30. The Morgan fingerprint density at radius 1 is 1.28 bits per heavy atom. The van der Waals surface area contributed by atoms with Gasteiger partial charge in [0.2, 0.25) is 5.95 Å². The highest BCUT2D eigenvalue weighted by Crippen LogP contribution is 2.07. The molecule has 0 aromatic carbocycles. The summed E-state index contributed by atoms with van der Waals surface area (Å²) in [5.41, 5.74) is 2.07. The first-order valence-electron chi connectivity index (χ1n) is 6.37. The molecule has 0 radical (unpaired) electrons. The van der Waals surface area contributed by atoms with Gasteiger partial charge in [0.25, 0.3) is 0 Å². The van der Waals surface area contributed by atoms with E-state index in [0.717, 1.165) is 25.2 Å². The summed E-state index contributed by atoms with van der Waals surface area (Å²) in [5, 5.41) is 7.66. The highest BCUT2D eigenvalue weighted by molar-refractivity contribution is 5.43. The fourth-order valence-electron chi connectivity index (χ4n) is 1.81. The predicted octanol–water partition coefficient (Wildman–Crippen LogP) is 1.79. The van der Waals surface area contributed by atoms with E-state index >= 15 is 0 Å². The van der Waals surface area contributed by atoms with Crippen LogP contribution in [0.25, 0.3) is 5.65 Å². The van der Waals surface area contributed by atoms with Gasteiger partial charge in [-0.3, -0.25) is 0 Å². The summed E-state index contributed by atoms with van der Waals surface area (Å²) in [6, 6.07) is 4.03. The van der Waals surface area contributed by atoms with E-state index in [-0.39, 0.29) is 0 Å². The van der Waals surface area contributed by atoms with Crippen LogP contribution in [0.15, 0.2) is 18.3 Å². The van der Waals surface area contributed by atoms with Gasteiger partial charge >= 0.3 is 0 Å². The van der Waals surface area contributed by atoms with E-state index in [0.29, 0.717) is 5.95 Å². The van der Waals surface area contributed by atoms with Crippen molar-refractivity contribution in [2.45, 2.75) is 19.8 Å². The maximum Gasteiger partial charge on any atom is 0.243 e. The topological polar surface area (TPSA) is 45.5 Å². The van der Waals surface area contributed by atoms with Gasteiger partial charge < -0.3 is 10.2 Å². The normalized spacial score (nSPS) is 11.3. The maximum atomic E-state index is 4.42. The first kappa shape index (κ1) is 12.8. The highest BCUT2D eigenvalue weighted by atomic mass is 15.3. The first-order chi connectivity index (χ1) is 8.65. The highest BCUT2D eigenvalue weighted by Gasteiger charge is 2.02. The van der Waals surface area contributed by atoms with Gasteiger partial charge in [-0.05, 0) is 52.0 Å². The molecule has 1 N–H and O–H groups in total. The lowest BCUT2D eigenvalue weighted by atomic mass is 10.3. The number of nitrogens with zero attached hydrogens (tertiary/aromatic N) is 4. The van der Waals surface area contributed by atoms with Gasteiger partial charge in [-0.2, -0.15) is 4.98 Å². The van der Waals surface area contributed by atoms with E-state index in [1.165, 1.54) is 12.0 Å². The molecule has 0 bridgehead atoms. The Hall–Kier alpha value is -1.62. The summed E-state index contributed by atoms with van der Waals surface area (Å²) < 4.78 is 1.82. The molecule has 0 aliphatic heterocycles. The summed E-state index contributed by atoms with van der Waals surface area (Å²) in [5.74, 6) is 0.713. The number of hydrogen-bond donors (Lipinski definition) is 1. The van der Waals surface area contributed by atoms with Crippen LogP contribution in [0, 0.1) is 6.92 Å². The number of unbranched alkanes of at least 4 members (excludes halogenated alkanes) is 1. The molecule has 2 rings (SSSR count). The molecule has 2 aromatic rings. The molecule has 0 saturated heterocycles. The quantitative estimate of drug-likeness (QED) is 0.791. The van der Waals surface area contributed by atoms with Gasteiger partial charge in [-0.15, -0.1) is 5.10 Å². The smallest absolute Gasteiger partial charge is 0.243 e. The van der Waals surface area contributed by atoms with Crippen LogP contribution in [0.3, 0.4) is 0 Å². The summed E-state index contributed by atoms with van der Waals surface area (Å²) in [4.78, 5) is 6.62. The van der Waals surface area contributed by atoms with Crippen molar-refractivity contribution in [3.05, 3.63) is 23.9 Å². The van der Waals surface area contributed by atoms with Gasteiger partial charge in [0.15, 0.2) is 5.65 Å². The van der Waals surface area contributed by atoms with Gasteiger partial charge in [-0.25, -0.2) is 4.52 Å². The monoisotopic (exact) mass is 247 g/mol. The van der Waals surface area contributed by atoms with Crippen LogP contribution < -0.4 is 5.32 Å². The number of hydrogen-bond acceptors (Lipinski definition) is 4. The van der Waals surface area contributed by atoms with Crippen LogP contribution in [0.1, 0.15) is 18.4 Å². The van der Waals surface area contributed by atoms with Crippen molar-refractivity contribution in [1.82, 2.24) is 19.5 Å². The van der Waals surface area contributed by atoms with E-state index in [1.54, 1.807) is 0 Å². The van der Waals surface area contributed by atoms with Crippen molar-refractivity contribution in [1.29, 1.82) is 0 Å². The lowest BCUT2D eigenvalue weighted by Gasteiger charge is -2.08. The fraction of sp³-hybridized carbons (Fsp3) is 0.538. The second-order valence-electron chi connectivity index (χ2n) is 4.88. The zero-order valence-corrected chi connectivity index (χ0v) is 11.3. The van der Waals surface area contributed by atoms with Crippen molar-refractivity contribution in [3.8, 4) is 0 Å². The number of nitrogens with one attached hydrogen (secondary N) is 1. The molecule has 0 spiro atoms. The Labute approximate surface area is 108 Å². The predicted molar refractivity (Wildman–Crippen MR) is 74.0 cm³/mol. The van der Waals surface area contributed by atoms with E-state index < -0.39 is 0 Å². The Morgan fingerprint density at radius 2 is 2.11 bits per heavy atom. The van der Waals surface area contributed by atoms with Gasteiger partial charge in [-0.1, -0.05) is 6.07 Å². The standard InChI is InChI=1S/C13H21N5/c1-11-6-7-12-15-13(16-18(12)10-11)14-8-4-5-9-17(2)3/h6-7,10H,4-5,8-9H2,1-3H3,(H,14,16).